The Kier molecular flexibility index (Phi) is 6.49. The number of anilines is 3. The first-order valence-corrected chi connectivity index (χ1v) is 17.0. The van der Waals surface area contributed by atoms with Crippen molar-refractivity contribution in [1.29, 1.82) is 0 Å². The van der Waals surface area contributed by atoms with Gasteiger partial charge in [0.1, 0.15) is 11.2 Å². The van der Waals surface area contributed by atoms with Crippen LogP contribution in [0.2, 0.25) is 0 Å². The SMILES string of the molecule is c1ccc2c(-c3ccc(N(c4ccc(-c5cccc6ccccc56)cc4)c4ccc5oc6c7ccccc7ncc6c5c4)cc3)cccc2c1. The summed E-state index contributed by atoms with van der Waals surface area (Å²) >= 11 is 0. The Hall–Kier alpha value is -6.71. The lowest BCUT2D eigenvalue weighted by molar-refractivity contribution is 0.672. The quantitative estimate of drug-likeness (QED) is 0.188. The lowest BCUT2D eigenvalue weighted by Gasteiger charge is -2.26. The molecule has 0 radical (unpaired) electrons. The van der Waals surface area contributed by atoms with Gasteiger partial charge in [0.2, 0.25) is 0 Å². The fourth-order valence-electron chi connectivity index (χ4n) is 7.47. The third kappa shape index (κ3) is 4.63. The van der Waals surface area contributed by atoms with E-state index in [1.54, 1.807) is 0 Å². The number of para-hydroxylation sites is 1. The molecule has 0 N–H and O–H groups in total. The minimum absolute atomic E-state index is 0.847. The Balaban J connectivity index is 1.12. The van der Waals surface area contributed by atoms with E-state index in [-0.39, 0.29) is 0 Å². The fraction of sp³-hybridized carbons (Fsp3) is 0. The van der Waals surface area contributed by atoms with Crippen LogP contribution in [-0.4, -0.2) is 4.98 Å². The van der Waals surface area contributed by atoms with Gasteiger partial charge in [0.25, 0.3) is 0 Å². The van der Waals surface area contributed by atoms with Crippen molar-refractivity contribution in [3.63, 3.8) is 0 Å². The van der Waals surface area contributed by atoms with Gasteiger partial charge in [-0.3, -0.25) is 4.98 Å². The van der Waals surface area contributed by atoms with E-state index in [0.29, 0.717) is 0 Å². The van der Waals surface area contributed by atoms with E-state index in [2.05, 4.69) is 163 Å². The van der Waals surface area contributed by atoms with Crippen LogP contribution < -0.4 is 4.90 Å². The van der Waals surface area contributed by atoms with Crippen molar-refractivity contribution in [2.45, 2.75) is 0 Å². The predicted octanol–water partition coefficient (Wildman–Crippen LogP) is 13.2. The van der Waals surface area contributed by atoms with Crippen LogP contribution in [0.15, 0.2) is 187 Å². The highest BCUT2D eigenvalue weighted by Crippen LogP contribution is 2.41. The highest BCUT2D eigenvalue weighted by molar-refractivity contribution is 6.14. The molecule has 0 aliphatic rings. The van der Waals surface area contributed by atoms with Crippen LogP contribution >= 0.6 is 0 Å². The third-order valence-corrected chi connectivity index (χ3v) is 9.90. The van der Waals surface area contributed by atoms with Crippen molar-refractivity contribution >= 4 is 71.4 Å². The van der Waals surface area contributed by atoms with E-state index in [9.17, 15) is 0 Å². The zero-order valence-corrected chi connectivity index (χ0v) is 27.1. The maximum atomic E-state index is 6.45. The molecule has 0 atom stereocenters. The number of fused-ring (bicyclic) bond motifs is 7. The van der Waals surface area contributed by atoms with Gasteiger partial charge >= 0.3 is 0 Å². The molecular formula is C47H30N2O. The normalized spacial score (nSPS) is 11.6. The summed E-state index contributed by atoms with van der Waals surface area (Å²) in [6.07, 6.45) is 1.94. The minimum Gasteiger partial charge on any atom is -0.455 e. The Bertz CT molecular complexity index is 2730. The van der Waals surface area contributed by atoms with Crippen molar-refractivity contribution in [1.82, 2.24) is 4.98 Å². The largest absolute Gasteiger partial charge is 0.455 e. The Morgan fingerprint density at radius 3 is 1.54 bits per heavy atom. The predicted molar refractivity (Wildman–Crippen MR) is 210 cm³/mol. The van der Waals surface area contributed by atoms with Crippen LogP contribution in [0, 0.1) is 0 Å². The smallest absolute Gasteiger partial charge is 0.146 e. The van der Waals surface area contributed by atoms with Crippen LogP contribution in [0.25, 0.3) is 76.6 Å². The molecule has 0 fully saturated rings. The summed E-state index contributed by atoms with van der Waals surface area (Å²) in [5, 5.41) is 8.06. The standard InChI is InChI=1S/C47H30N2O/c1-3-13-38-31(9-1)11-7-16-40(38)33-19-23-35(24-20-33)49(36-25-21-34(22-26-36)41-17-8-12-32-10-2-4-14-39(32)41)37-27-28-46-43(29-37)44-30-48-45-18-6-5-15-42(45)47(44)50-46/h1-30H. The second-order valence-electron chi connectivity index (χ2n) is 12.8. The number of aromatic nitrogens is 1. The first-order chi connectivity index (χ1) is 24.8. The summed E-state index contributed by atoms with van der Waals surface area (Å²) in [5.41, 5.74) is 10.7. The molecule has 0 saturated carbocycles. The van der Waals surface area contributed by atoms with Gasteiger partial charge in [-0.1, -0.05) is 121 Å². The summed E-state index contributed by atoms with van der Waals surface area (Å²) in [7, 11) is 0. The summed E-state index contributed by atoms with van der Waals surface area (Å²) in [4.78, 5) is 7.09. The van der Waals surface area contributed by atoms with Crippen LogP contribution in [0.3, 0.4) is 0 Å². The van der Waals surface area contributed by atoms with Crippen molar-refractivity contribution in [2.75, 3.05) is 4.90 Å². The van der Waals surface area contributed by atoms with E-state index >= 15 is 0 Å². The first-order valence-electron chi connectivity index (χ1n) is 17.0. The Morgan fingerprint density at radius 1 is 0.400 bits per heavy atom. The minimum atomic E-state index is 0.847. The summed E-state index contributed by atoms with van der Waals surface area (Å²) in [5.74, 6) is 0. The number of benzene rings is 8. The summed E-state index contributed by atoms with van der Waals surface area (Å²) in [6.45, 7) is 0. The molecule has 0 bridgehead atoms. The van der Waals surface area contributed by atoms with Gasteiger partial charge in [-0.05, 0) is 98.4 Å². The Morgan fingerprint density at radius 2 is 0.920 bits per heavy atom. The molecule has 8 aromatic carbocycles. The molecule has 0 spiro atoms. The molecule has 10 aromatic rings. The molecule has 3 nitrogen and oxygen atoms in total. The van der Waals surface area contributed by atoms with Crippen molar-refractivity contribution in [3.05, 3.63) is 182 Å². The van der Waals surface area contributed by atoms with Gasteiger partial charge in [0, 0.05) is 39.4 Å². The highest BCUT2D eigenvalue weighted by atomic mass is 16.3. The maximum absolute atomic E-state index is 6.45. The number of nitrogens with zero attached hydrogens (tertiary/aromatic N) is 2. The number of pyridine rings is 1. The summed E-state index contributed by atoms with van der Waals surface area (Å²) in [6, 6.07) is 62.6. The molecule has 234 valence electrons. The number of hydrogen-bond donors (Lipinski definition) is 0. The maximum Gasteiger partial charge on any atom is 0.146 e. The number of rotatable bonds is 5. The molecular weight excluding hydrogens is 609 g/mol. The fourth-order valence-corrected chi connectivity index (χ4v) is 7.47. The zero-order valence-electron chi connectivity index (χ0n) is 27.1. The van der Waals surface area contributed by atoms with Crippen molar-refractivity contribution in [3.8, 4) is 22.3 Å². The van der Waals surface area contributed by atoms with Gasteiger partial charge in [-0.2, -0.15) is 0 Å². The molecule has 0 aliphatic carbocycles. The van der Waals surface area contributed by atoms with Crippen LogP contribution in [-0.2, 0) is 0 Å². The van der Waals surface area contributed by atoms with E-state index in [0.717, 1.165) is 49.9 Å². The average Bonchev–Trinajstić information content (AvgIpc) is 3.57. The topological polar surface area (TPSA) is 29.3 Å². The molecule has 50 heavy (non-hydrogen) atoms. The van der Waals surface area contributed by atoms with Gasteiger partial charge in [0.05, 0.1) is 5.52 Å². The number of hydrogen-bond acceptors (Lipinski definition) is 3. The molecule has 2 heterocycles. The second kappa shape index (κ2) is 11.5. The van der Waals surface area contributed by atoms with Gasteiger partial charge in [0.15, 0.2) is 0 Å². The van der Waals surface area contributed by atoms with Gasteiger partial charge < -0.3 is 9.32 Å². The zero-order chi connectivity index (χ0) is 33.0. The molecule has 0 saturated heterocycles. The van der Waals surface area contributed by atoms with Crippen LogP contribution in [0.4, 0.5) is 17.1 Å². The van der Waals surface area contributed by atoms with Crippen LogP contribution in [0.5, 0.6) is 0 Å². The molecule has 0 unspecified atom stereocenters. The monoisotopic (exact) mass is 638 g/mol. The summed E-state index contributed by atoms with van der Waals surface area (Å²) < 4.78 is 6.45. The van der Waals surface area contributed by atoms with Crippen LogP contribution in [0.1, 0.15) is 0 Å². The van der Waals surface area contributed by atoms with E-state index < -0.39 is 0 Å². The van der Waals surface area contributed by atoms with Crippen molar-refractivity contribution < 1.29 is 4.42 Å². The molecule has 10 rings (SSSR count). The van der Waals surface area contributed by atoms with E-state index in [4.69, 9.17) is 9.40 Å². The van der Waals surface area contributed by atoms with E-state index in [1.165, 1.54) is 43.8 Å². The Labute approximate surface area is 289 Å². The lowest BCUT2D eigenvalue weighted by Crippen LogP contribution is -2.09. The highest BCUT2D eigenvalue weighted by Gasteiger charge is 2.18. The molecule has 3 heteroatoms. The molecule has 2 aromatic heterocycles. The van der Waals surface area contributed by atoms with Crippen molar-refractivity contribution in [2.24, 2.45) is 0 Å². The number of furan rings is 1. The third-order valence-electron chi connectivity index (χ3n) is 9.90. The molecule has 0 aliphatic heterocycles. The lowest BCUT2D eigenvalue weighted by atomic mass is 9.97. The molecule has 0 amide bonds. The van der Waals surface area contributed by atoms with Gasteiger partial charge in [-0.25, -0.2) is 0 Å². The average molecular weight is 639 g/mol. The second-order valence-corrected chi connectivity index (χ2v) is 12.8. The van der Waals surface area contributed by atoms with Gasteiger partial charge in [-0.15, -0.1) is 0 Å². The van der Waals surface area contributed by atoms with E-state index in [1.807, 2.05) is 24.4 Å². The first kappa shape index (κ1) is 28.3.